The molecule has 1 fully saturated rings. The lowest BCUT2D eigenvalue weighted by molar-refractivity contribution is -0.144. The molecule has 210 valence electrons. The van der Waals surface area contributed by atoms with Gasteiger partial charge in [-0.25, -0.2) is 0 Å². The maximum Gasteiger partial charge on any atom is 0.416 e. The summed E-state index contributed by atoms with van der Waals surface area (Å²) in [5.41, 5.74) is 0.112. The standard InChI is InChI=1S/C26H37F3N4O4Si/c1-16-13-22(31-32-23(16)19-9-7-17(14-21(19)34)26(27,28)29)30-18-8-10-20(24(35)36)33(15-18)11-12-37-38(5,6)25(2,3)4/h7,9,13-14,18,20,34H,8,10-12,15H2,1-6H3,(H,30,31)(H,35,36)/t18-,20-/m1/s1. The predicted octanol–water partition coefficient (Wildman–Crippen LogP) is 5.53. The number of benzene rings is 1. The number of phenols is 1. The second-order valence-corrected chi connectivity index (χ2v) is 16.2. The number of alkyl halides is 3. The number of nitrogens with zero attached hydrogens (tertiary/aromatic N) is 3. The summed E-state index contributed by atoms with van der Waals surface area (Å²) in [4.78, 5) is 13.8. The molecule has 3 N–H and O–H groups in total. The van der Waals surface area contributed by atoms with E-state index in [1.54, 1.807) is 13.0 Å². The minimum Gasteiger partial charge on any atom is -0.507 e. The summed E-state index contributed by atoms with van der Waals surface area (Å²) in [6, 6.07) is 3.80. The molecule has 1 aromatic heterocycles. The highest BCUT2D eigenvalue weighted by Gasteiger charge is 2.38. The number of aryl methyl sites for hydroxylation is 1. The maximum absolute atomic E-state index is 12.9. The topological polar surface area (TPSA) is 108 Å². The summed E-state index contributed by atoms with van der Waals surface area (Å²) in [6.07, 6.45) is -3.47. The average Bonchev–Trinajstić information content (AvgIpc) is 2.78. The van der Waals surface area contributed by atoms with Gasteiger partial charge in [0.2, 0.25) is 0 Å². The fourth-order valence-electron chi connectivity index (χ4n) is 4.26. The lowest BCUT2D eigenvalue weighted by Gasteiger charge is -2.40. The van der Waals surface area contributed by atoms with Crippen molar-refractivity contribution < 1.29 is 32.6 Å². The smallest absolute Gasteiger partial charge is 0.416 e. The molecule has 0 unspecified atom stereocenters. The largest absolute Gasteiger partial charge is 0.507 e. The van der Waals surface area contributed by atoms with Crippen LogP contribution in [0.5, 0.6) is 5.75 Å². The number of anilines is 1. The first kappa shape index (κ1) is 29.8. The quantitative estimate of drug-likeness (QED) is 0.366. The Morgan fingerprint density at radius 3 is 2.42 bits per heavy atom. The molecule has 0 aliphatic carbocycles. The van der Waals surface area contributed by atoms with Gasteiger partial charge in [-0.3, -0.25) is 9.69 Å². The molecule has 8 nitrogen and oxygen atoms in total. The Morgan fingerprint density at radius 1 is 1.18 bits per heavy atom. The van der Waals surface area contributed by atoms with Crippen LogP contribution in [0, 0.1) is 6.92 Å². The van der Waals surface area contributed by atoms with Crippen molar-refractivity contribution in [3.63, 3.8) is 0 Å². The van der Waals surface area contributed by atoms with Gasteiger partial charge >= 0.3 is 12.1 Å². The van der Waals surface area contributed by atoms with E-state index in [0.29, 0.717) is 50.0 Å². The van der Waals surface area contributed by atoms with Crippen LogP contribution >= 0.6 is 0 Å². The zero-order valence-electron chi connectivity index (χ0n) is 22.7. The highest BCUT2D eigenvalue weighted by Crippen LogP contribution is 2.38. The summed E-state index contributed by atoms with van der Waals surface area (Å²) < 4.78 is 45.1. The molecular weight excluding hydrogens is 517 g/mol. The Balaban J connectivity index is 1.69. The lowest BCUT2D eigenvalue weighted by atomic mass is 9.98. The van der Waals surface area contributed by atoms with Crippen molar-refractivity contribution in [1.29, 1.82) is 0 Å². The molecule has 3 rings (SSSR count). The van der Waals surface area contributed by atoms with E-state index in [1.807, 2.05) is 4.90 Å². The molecule has 2 heterocycles. The Labute approximate surface area is 222 Å². The number of phenolic OH excluding ortho intramolecular Hbond substituents is 1. The molecule has 1 aliphatic heterocycles. The third-order valence-electron chi connectivity index (χ3n) is 7.53. The third-order valence-corrected chi connectivity index (χ3v) is 12.1. The monoisotopic (exact) mass is 554 g/mol. The first-order valence-electron chi connectivity index (χ1n) is 12.6. The second kappa shape index (κ2) is 11.2. The highest BCUT2D eigenvalue weighted by atomic mass is 28.4. The van der Waals surface area contributed by atoms with Crippen LogP contribution < -0.4 is 5.32 Å². The van der Waals surface area contributed by atoms with Crippen LogP contribution in [0.15, 0.2) is 24.3 Å². The number of aliphatic carboxylic acids is 1. The molecule has 1 aliphatic rings. The van der Waals surface area contributed by atoms with Gasteiger partial charge in [-0.15, -0.1) is 10.2 Å². The molecule has 1 saturated heterocycles. The van der Waals surface area contributed by atoms with Gasteiger partial charge in [-0.05, 0) is 67.7 Å². The van der Waals surface area contributed by atoms with Crippen LogP contribution in [0.3, 0.4) is 0 Å². The first-order valence-corrected chi connectivity index (χ1v) is 15.5. The molecule has 0 saturated carbocycles. The van der Waals surface area contributed by atoms with Gasteiger partial charge in [-0.2, -0.15) is 13.2 Å². The average molecular weight is 555 g/mol. The highest BCUT2D eigenvalue weighted by molar-refractivity contribution is 6.74. The molecule has 0 radical (unpaired) electrons. The van der Waals surface area contributed by atoms with E-state index in [-0.39, 0.29) is 22.3 Å². The van der Waals surface area contributed by atoms with Crippen LogP contribution in [-0.2, 0) is 15.4 Å². The van der Waals surface area contributed by atoms with Crippen molar-refractivity contribution in [3.05, 3.63) is 35.4 Å². The van der Waals surface area contributed by atoms with E-state index in [1.165, 1.54) is 6.07 Å². The molecule has 1 aromatic carbocycles. The fourth-order valence-corrected chi connectivity index (χ4v) is 5.30. The van der Waals surface area contributed by atoms with Crippen LogP contribution in [0.2, 0.25) is 18.1 Å². The summed E-state index contributed by atoms with van der Waals surface area (Å²) in [5.74, 6) is -0.915. The summed E-state index contributed by atoms with van der Waals surface area (Å²) in [7, 11) is -1.95. The van der Waals surface area contributed by atoms with Gasteiger partial charge in [0, 0.05) is 31.3 Å². The van der Waals surface area contributed by atoms with Crippen molar-refractivity contribution in [1.82, 2.24) is 15.1 Å². The number of rotatable bonds is 8. The number of hydrogen-bond acceptors (Lipinski definition) is 7. The zero-order valence-corrected chi connectivity index (χ0v) is 23.7. The summed E-state index contributed by atoms with van der Waals surface area (Å²) in [5, 5.41) is 31.6. The van der Waals surface area contributed by atoms with E-state index in [9.17, 15) is 28.2 Å². The van der Waals surface area contributed by atoms with Gasteiger partial charge in [-0.1, -0.05) is 20.8 Å². The molecule has 0 amide bonds. The lowest BCUT2D eigenvalue weighted by Crippen LogP contribution is -2.53. The molecule has 0 spiro atoms. The Hall–Kier alpha value is -2.70. The van der Waals surface area contributed by atoms with Crippen molar-refractivity contribution in [2.24, 2.45) is 0 Å². The number of carboxylic acid groups (broad SMARTS) is 1. The molecule has 38 heavy (non-hydrogen) atoms. The van der Waals surface area contributed by atoms with Crippen molar-refractivity contribution in [3.8, 4) is 17.0 Å². The van der Waals surface area contributed by atoms with Crippen LogP contribution in [0.25, 0.3) is 11.3 Å². The number of piperidine rings is 1. The molecule has 2 atom stereocenters. The van der Waals surface area contributed by atoms with Crippen molar-refractivity contribution in [2.75, 3.05) is 25.0 Å². The van der Waals surface area contributed by atoms with Gasteiger partial charge in [0.05, 0.1) is 11.3 Å². The van der Waals surface area contributed by atoms with E-state index in [0.717, 1.165) is 6.07 Å². The fraction of sp³-hybridized carbons (Fsp3) is 0.577. The number of nitrogens with one attached hydrogen (secondary N) is 1. The zero-order chi connectivity index (χ0) is 28.5. The van der Waals surface area contributed by atoms with E-state index >= 15 is 0 Å². The van der Waals surface area contributed by atoms with E-state index in [2.05, 4.69) is 49.4 Å². The van der Waals surface area contributed by atoms with Gasteiger partial charge in [0.25, 0.3) is 0 Å². The van der Waals surface area contributed by atoms with Gasteiger partial charge in [0.15, 0.2) is 8.32 Å². The van der Waals surface area contributed by atoms with Gasteiger partial charge in [0.1, 0.15) is 17.6 Å². The van der Waals surface area contributed by atoms with Crippen molar-refractivity contribution in [2.45, 2.75) is 76.9 Å². The summed E-state index contributed by atoms with van der Waals surface area (Å²) >= 11 is 0. The number of likely N-dealkylation sites (tertiary alicyclic amines) is 1. The van der Waals surface area contributed by atoms with Crippen LogP contribution in [-0.4, -0.2) is 71.4 Å². The SMILES string of the molecule is Cc1cc(N[C@@H]2CC[C@H](C(=O)O)N(CCO[Si](C)(C)C(C)(C)C)C2)nnc1-c1ccc(C(F)(F)F)cc1O. The molecular formula is C26H37F3N4O4Si. The first-order chi connectivity index (χ1) is 17.5. The normalized spacial score (nSPS) is 19.4. The third kappa shape index (κ3) is 7.03. The summed E-state index contributed by atoms with van der Waals surface area (Å²) in [6.45, 7) is 14.0. The van der Waals surface area contributed by atoms with E-state index < -0.39 is 37.8 Å². The second-order valence-electron chi connectivity index (χ2n) is 11.4. The van der Waals surface area contributed by atoms with Crippen molar-refractivity contribution >= 4 is 20.1 Å². The predicted molar refractivity (Wildman–Crippen MR) is 142 cm³/mol. The van der Waals surface area contributed by atoms with Gasteiger partial charge < -0.3 is 20.0 Å². The number of halogens is 3. The van der Waals surface area contributed by atoms with Crippen LogP contribution in [0.4, 0.5) is 19.0 Å². The maximum atomic E-state index is 12.9. The van der Waals surface area contributed by atoms with Crippen LogP contribution in [0.1, 0.15) is 44.7 Å². The number of carboxylic acids is 1. The molecule has 12 heteroatoms. The minimum atomic E-state index is -4.56. The van der Waals surface area contributed by atoms with E-state index in [4.69, 9.17) is 4.43 Å². The molecule has 0 bridgehead atoms. The minimum absolute atomic E-state index is 0.0606. The Kier molecular flexibility index (Phi) is 8.79. The Morgan fingerprint density at radius 2 is 1.87 bits per heavy atom. The number of aromatic nitrogens is 2. The number of hydrogen-bond donors (Lipinski definition) is 3. The molecule has 2 aromatic rings. The number of carbonyl (C=O) groups is 1. The number of aromatic hydroxyl groups is 1. The Bertz CT molecular complexity index is 1150.